The van der Waals surface area contributed by atoms with E-state index in [9.17, 15) is 9.59 Å². The average Bonchev–Trinajstić information content (AvgIpc) is 2.60. The van der Waals surface area contributed by atoms with E-state index in [1.165, 1.54) is 17.7 Å². The van der Waals surface area contributed by atoms with Crippen molar-refractivity contribution < 1.29 is 9.59 Å². The molecular weight excluding hydrogens is 322 g/mol. The minimum Gasteiger partial charge on any atom is -0.273 e. The maximum atomic E-state index is 13.1. The first kappa shape index (κ1) is 20.2. The van der Waals surface area contributed by atoms with Gasteiger partial charge in [0.1, 0.15) is 0 Å². The Bertz CT molecular complexity index is 738. The molecule has 1 aromatic carbocycles. The number of hydrogen-bond donors (Lipinski definition) is 0. The van der Waals surface area contributed by atoms with Gasteiger partial charge in [-0.25, -0.2) is 4.90 Å². The molecule has 1 saturated heterocycles. The van der Waals surface area contributed by atoms with Crippen molar-refractivity contribution in [3.8, 4) is 11.8 Å². The Morgan fingerprint density at radius 1 is 1.08 bits per heavy atom. The lowest BCUT2D eigenvalue weighted by Gasteiger charge is -2.45. The monoisotopic (exact) mass is 353 g/mol. The number of amides is 2. The van der Waals surface area contributed by atoms with E-state index >= 15 is 0 Å². The van der Waals surface area contributed by atoms with Gasteiger partial charge in [0.25, 0.3) is 0 Å². The van der Waals surface area contributed by atoms with Crippen LogP contribution in [0.25, 0.3) is 0 Å². The predicted molar refractivity (Wildman–Crippen MR) is 107 cm³/mol. The second-order valence-corrected chi connectivity index (χ2v) is 8.23. The van der Waals surface area contributed by atoms with Gasteiger partial charge >= 0.3 is 0 Å². The van der Waals surface area contributed by atoms with E-state index < -0.39 is 10.8 Å². The van der Waals surface area contributed by atoms with Crippen LogP contribution >= 0.6 is 0 Å². The first-order chi connectivity index (χ1) is 12.2. The molecule has 1 atom stereocenters. The summed E-state index contributed by atoms with van der Waals surface area (Å²) in [5.41, 5.74) is 0.411. The van der Waals surface area contributed by atoms with Crippen molar-refractivity contribution in [2.45, 2.75) is 73.1 Å². The maximum Gasteiger partial charge on any atom is 0.239 e. The minimum absolute atomic E-state index is 0.0996. The number of piperidine rings is 1. The number of imide groups is 1. The molecule has 2 rings (SSSR count). The van der Waals surface area contributed by atoms with Gasteiger partial charge < -0.3 is 0 Å². The summed E-state index contributed by atoms with van der Waals surface area (Å²) in [5.74, 6) is 6.14. The van der Waals surface area contributed by atoms with Crippen LogP contribution in [-0.4, -0.2) is 11.8 Å². The summed E-state index contributed by atoms with van der Waals surface area (Å²) >= 11 is 0. The molecule has 1 aliphatic heterocycles. The highest BCUT2D eigenvalue weighted by molar-refractivity contribution is 6.20. The number of carbonyl (C=O) groups is 2. The van der Waals surface area contributed by atoms with Gasteiger partial charge in [-0.2, -0.15) is 0 Å². The van der Waals surface area contributed by atoms with Crippen LogP contribution in [0.4, 0.5) is 5.69 Å². The molecule has 1 aromatic rings. The Morgan fingerprint density at radius 3 is 2.46 bits per heavy atom. The topological polar surface area (TPSA) is 37.4 Å². The van der Waals surface area contributed by atoms with Crippen LogP contribution in [0.1, 0.15) is 78.7 Å². The fourth-order valence-corrected chi connectivity index (χ4v) is 3.65. The zero-order valence-electron chi connectivity index (χ0n) is 16.8. The second kappa shape index (κ2) is 8.08. The zero-order chi connectivity index (χ0) is 19.4. The molecule has 3 nitrogen and oxygen atoms in total. The molecule has 0 N–H and O–H groups in total. The number of rotatable bonds is 5. The smallest absolute Gasteiger partial charge is 0.239 e. The van der Waals surface area contributed by atoms with Crippen molar-refractivity contribution in [1.29, 1.82) is 0 Å². The summed E-state index contributed by atoms with van der Waals surface area (Å²) in [7, 11) is 0. The first-order valence-corrected chi connectivity index (χ1v) is 9.73. The van der Waals surface area contributed by atoms with Crippen molar-refractivity contribution in [1.82, 2.24) is 0 Å². The number of unbranched alkanes of at least 4 members (excludes halogenated alkanes) is 3. The van der Waals surface area contributed by atoms with Crippen molar-refractivity contribution in [3.05, 3.63) is 29.8 Å². The standard InChI is InChI=1S/C23H31NO2/c1-6-8-9-10-11-13-18-14-12-15-19(16-18)24-20(25)22(3,4)17-23(5,7-2)21(24)26/h12,14-16H,6-10,17H2,1-5H3. The van der Waals surface area contributed by atoms with Gasteiger partial charge in [0.15, 0.2) is 0 Å². The van der Waals surface area contributed by atoms with E-state index in [1.807, 2.05) is 52.0 Å². The third-order valence-electron chi connectivity index (χ3n) is 5.36. The van der Waals surface area contributed by atoms with Crippen LogP contribution in [0.3, 0.4) is 0 Å². The Hall–Kier alpha value is -2.08. The lowest BCUT2D eigenvalue weighted by molar-refractivity contribution is -0.144. The fourth-order valence-electron chi connectivity index (χ4n) is 3.65. The van der Waals surface area contributed by atoms with E-state index in [-0.39, 0.29) is 11.8 Å². The Kier molecular flexibility index (Phi) is 6.29. The van der Waals surface area contributed by atoms with Crippen molar-refractivity contribution in [2.24, 2.45) is 10.8 Å². The Labute approximate surface area is 158 Å². The molecule has 1 aliphatic rings. The summed E-state index contributed by atoms with van der Waals surface area (Å²) in [4.78, 5) is 27.4. The largest absolute Gasteiger partial charge is 0.273 e. The normalized spacial score (nSPS) is 22.1. The average molecular weight is 354 g/mol. The second-order valence-electron chi connectivity index (χ2n) is 8.23. The molecule has 1 heterocycles. The molecule has 2 amide bonds. The summed E-state index contributed by atoms with van der Waals surface area (Å²) in [6.45, 7) is 10.0. The molecule has 26 heavy (non-hydrogen) atoms. The summed E-state index contributed by atoms with van der Waals surface area (Å²) in [5, 5.41) is 0. The lowest BCUT2D eigenvalue weighted by Crippen LogP contribution is -2.57. The third-order valence-corrected chi connectivity index (χ3v) is 5.36. The van der Waals surface area contributed by atoms with Gasteiger partial charge in [-0.05, 0) is 37.5 Å². The Balaban J connectivity index is 2.32. The number of carbonyl (C=O) groups excluding carboxylic acids is 2. The van der Waals surface area contributed by atoms with Crippen LogP contribution < -0.4 is 4.90 Å². The van der Waals surface area contributed by atoms with Crippen molar-refractivity contribution >= 4 is 17.5 Å². The van der Waals surface area contributed by atoms with Crippen molar-refractivity contribution in [3.63, 3.8) is 0 Å². The van der Waals surface area contributed by atoms with E-state index in [0.29, 0.717) is 12.1 Å². The highest BCUT2D eigenvalue weighted by atomic mass is 16.2. The molecule has 0 saturated carbocycles. The molecule has 140 valence electrons. The third kappa shape index (κ3) is 4.18. The molecule has 1 unspecified atom stereocenters. The van der Waals surface area contributed by atoms with Crippen molar-refractivity contribution in [2.75, 3.05) is 4.90 Å². The molecular formula is C23H31NO2. The van der Waals surface area contributed by atoms with Crippen LogP contribution in [-0.2, 0) is 9.59 Å². The number of anilines is 1. The quantitative estimate of drug-likeness (QED) is 0.408. The lowest BCUT2D eigenvalue weighted by atomic mass is 9.67. The minimum atomic E-state index is -0.555. The number of nitrogens with zero attached hydrogens (tertiary/aromatic N) is 1. The van der Waals surface area contributed by atoms with E-state index in [2.05, 4.69) is 18.8 Å². The Morgan fingerprint density at radius 2 is 1.81 bits per heavy atom. The highest BCUT2D eigenvalue weighted by Gasteiger charge is 2.51. The van der Waals surface area contributed by atoms with Gasteiger partial charge in [0.2, 0.25) is 11.8 Å². The molecule has 0 spiro atoms. The van der Waals surface area contributed by atoms with Crippen LogP contribution in [0.2, 0.25) is 0 Å². The molecule has 0 aromatic heterocycles. The number of hydrogen-bond acceptors (Lipinski definition) is 2. The van der Waals surface area contributed by atoms with Gasteiger partial charge in [-0.15, -0.1) is 0 Å². The van der Waals surface area contributed by atoms with Crippen LogP contribution in [0.15, 0.2) is 24.3 Å². The van der Waals surface area contributed by atoms with Gasteiger partial charge in [-0.3, -0.25) is 9.59 Å². The van der Waals surface area contributed by atoms with Gasteiger partial charge in [0, 0.05) is 22.8 Å². The van der Waals surface area contributed by atoms with Gasteiger partial charge in [0.05, 0.1) is 5.69 Å². The predicted octanol–water partition coefficient (Wildman–Crippen LogP) is 5.32. The summed E-state index contributed by atoms with van der Waals surface area (Å²) in [6, 6.07) is 7.49. The summed E-state index contributed by atoms with van der Waals surface area (Å²) < 4.78 is 0. The fraction of sp³-hybridized carbons (Fsp3) is 0.565. The SMILES string of the molecule is CCCCCC#Cc1cccc(N2C(=O)C(C)(C)CC(C)(CC)C2=O)c1. The van der Waals surface area contributed by atoms with Crippen LogP contribution in [0.5, 0.6) is 0 Å². The molecule has 3 heteroatoms. The van der Waals surface area contributed by atoms with Crippen LogP contribution in [0, 0.1) is 22.7 Å². The van der Waals surface area contributed by atoms with E-state index in [4.69, 9.17) is 0 Å². The maximum absolute atomic E-state index is 13.1. The highest BCUT2D eigenvalue weighted by Crippen LogP contribution is 2.45. The molecule has 1 fully saturated rings. The summed E-state index contributed by atoms with van der Waals surface area (Å²) in [6.07, 6.45) is 5.66. The van der Waals surface area contributed by atoms with Gasteiger partial charge in [-0.1, -0.05) is 65.4 Å². The molecule has 0 bridgehead atoms. The molecule has 0 radical (unpaired) electrons. The van der Waals surface area contributed by atoms with E-state index in [0.717, 1.165) is 24.8 Å². The van der Waals surface area contributed by atoms with E-state index in [1.54, 1.807) is 0 Å². The first-order valence-electron chi connectivity index (χ1n) is 9.73. The molecule has 0 aliphatic carbocycles. The zero-order valence-corrected chi connectivity index (χ0v) is 16.8. The number of benzene rings is 1.